The van der Waals surface area contributed by atoms with E-state index in [1.807, 2.05) is 6.92 Å². The Balaban J connectivity index is 1.59. The number of nitrogens with zero attached hydrogens (tertiary/aromatic N) is 1. The fourth-order valence-corrected chi connectivity index (χ4v) is 6.33. The highest BCUT2D eigenvalue weighted by Gasteiger charge is 2.23. The summed E-state index contributed by atoms with van der Waals surface area (Å²) in [5, 5.41) is 0.329. The predicted octanol–water partition coefficient (Wildman–Crippen LogP) is 5.71. The van der Waals surface area contributed by atoms with Gasteiger partial charge in [0.15, 0.2) is 0 Å². The van der Waals surface area contributed by atoms with Crippen molar-refractivity contribution in [2.75, 3.05) is 24.5 Å². The Kier molecular flexibility index (Phi) is 7.39. The Labute approximate surface area is 188 Å². The third-order valence-corrected chi connectivity index (χ3v) is 7.76. The Morgan fingerprint density at radius 1 is 1.14 bits per heavy atom. The summed E-state index contributed by atoms with van der Waals surface area (Å²) in [6.45, 7) is 6.39. The zero-order valence-corrected chi connectivity index (χ0v) is 19.6. The van der Waals surface area contributed by atoms with Crippen molar-refractivity contribution in [2.24, 2.45) is 5.92 Å². The molecule has 0 bridgehead atoms. The van der Waals surface area contributed by atoms with Gasteiger partial charge in [0.2, 0.25) is 10.0 Å². The summed E-state index contributed by atoms with van der Waals surface area (Å²) < 4.78 is 27.9. The van der Waals surface area contributed by atoms with Crippen molar-refractivity contribution in [3.05, 3.63) is 56.5 Å². The van der Waals surface area contributed by atoms with Gasteiger partial charge in [-0.25, -0.2) is 13.1 Å². The molecule has 1 aliphatic rings. The molecule has 0 fully saturated rings. The Bertz CT molecular complexity index is 972. The van der Waals surface area contributed by atoms with E-state index >= 15 is 0 Å². The van der Waals surface area contributed by atoms with Crippen molar-refractivity contribution in [2.45, 2.75) is 38.0 Å². The van der Waals surface area contributed by atoms with E-state index in [4.69, 9.17) is 34.8 Å². The van der Waals surface area contributed by atoms with Gasteiger partial charge in [-0.15, -0.1) is 0 Å². The van der Waals surface area contributed by atoms with Crippen LogP contribution in [0.15, 0.2) is 35.2 Å². The van der Waals surface area contributed by atoms with Crippen molar-refractivity contribution in [1.82, 2.24) is 4.72 Å². The van der Waals surface area contributed by atoms with Gasteiger partial charge in [0.05, 0.1) is 10.0 Å². The molecule has 0 spiro atoms. The Morgan fingerprint density at radius 2 is 1.83 bits per heavy atom. The summed E-state index contributed by atoms with van der Waals surface area (Å²) in [5.41, 5.74) is 3.99. The number of rotatable bonds is 7. The molecule has 2 aromatic carbocycles. The lowest BCUT2D eigenvalue weighted by Crippen LogP contribution is -2.34. The molecule has 1 atom stereocenters. The van der Waals surface area contributed by atoms with E-state index < -0.39 is 10.0 Å². The van der Waals surface area contributed by atoms with E-state index in [0.717, 1.165) is 32.4 Å². The third-order valence-electron chi connectivity index (χ3n) is 5.20. The van der Waals surface area contributed by atoms with Crippen LogP contribution >= 0.6 is 34.8 Å². The number of hydrogen-bond donors (Lipinski definition) is 1. The van der Waals surface area contributed by atoms with Gasteiger partial charge in [0.25, 0.3) is 0 Å². The van der Waals surface area contributed by atoms with E-state index in [2.05, 4.69) is 34.7 Å². The van der Waals surface area contributed by atoms with Crippen molar-refractivity contribution in [1.29, 1.82) is 0 Å². The minimum atomic E-state index is -3.82. The van der Waals surface area contributed by atoms with Crippen LogP contribution in [-0.4, -0.2) is 28.1 Å². The van der Waals surface area contributed by atoms with Gasteiger partial charge in [-0.2, -0.15) is 0 Å². The number of hydrogen-bond acceptors (Lipinski definition) is 3. The minimum absolute atomic E-state index is 0.0165. The smallest absolute Gasteiger partial charge is 0.243 e. The van der Waals surface area contributed by atoms with Crippen molar-refractivity contribution in [3.8, 4) is 0 Å². The number of sulfonamides is 1. The van der Waals surface area contributed by atoms with Crippen LogP contribution in [-0.2, 0) is 16.4 Å². The molecule has 4 nitrogen and oxygen atoms in total. The summed E-state index contributed by atoms with van der Waals surface area (Å²) in [7, 11) is -3.82. The molecule has 1 N–H and O–H groups in total. The van der Waals surface area contributed by atoms with Crippen LogP contribution in [0.25, 0.3) is 0 Å². The SMILES string of the molecule is Cc1ccc2c(c1)CCCN2CCC(C)CNS(=O)(=O)c1c(Cl)cc(Cl)cc1Cl. The first-order valence-electron chi connectivity index (χ1n) is 9.66. The van der Waals surface area contributed by atoms with Gasteiger partial charge < -0.3 is 4.90 Å². The molecular weight excluding hydrogens is 451 g/mol. The summed E-state index contributed by atoms with van der Waals surface area (Å²) in [4.78, 5) is 2.27. The highest BCUT2D eigenvalue weighted by atomic mass is 35.5. The number of benzene rings is 2. The number of fused-ring (bicyclic) bond motifs is 1. The maximum absolute atomic E-state index is 12.7. The van der Waals surface area contributed by atoms with Crippen molar-refractivity contribution < 1.29 is 8.42 Å². The molecule has 0 aromatic heterocycles. The molecular formula is C21H25Cl3N2O2S. The topological polar surface area (TPSA) is 49.4 Å². The van der Waals surface area contributed by atoms with Crippen LogP contribution in [0.1, 0.15) is 30.9 Å². The van der Waals surface area contributed by atoms with Gasteiger partial charge in [-0.3, -0.25) is 0 Å². The molecule has 0 amide bonds. The van der Waals surface area contributed by atoms with Crippen LogP contribution in [0.4, 0.5) is 5.69 Å². The largest absolute Gasteiger partial charge is 0.371 e. The first kappa shape index (κ1) is 22.7. The van der Waals surface area contributed by atoms with Crippen LogP contribution in [0.3, 0.4) is 0 Å². The first-order chi connectivity index (χ1) is 13.7. The molecule has 1 unspecified atom stereocenters. The predicted molar refractivity (Wildman–Crippen MR) is 122 cm³/mol. The quantitative estimate of drug-likeness (QED) is 0.558. The van der Waals surface area contributed by atoms with Crippen LogP contribution < -0.4 is 9.62 Å². The molecule has 0 radical (unpaired) electrons. The average Bonchev–Trinajstić information content (AvgIpc) is 2.63. The van der Waals surface area contributed by atoms with Crippen LogP contribution in [0.5, 0.6) is 0 Å². The second-order valence-electron chi connectivity index (χ2n) is 7.67. The van der Waals surface area contributed by atoms with Gasteiger partial charge in [0.1, 0.15) is 4.90 Å². The van der Waals surface area contributed by atoms with E-state index in [9.17, 15) is 8.42 Å². The van der Waals surface area contributed by atoms with E-state index in [0.29, 0.717) is 11.6 Å². The summed E-state index contributed by atoms with van der Waals surface area (Å²) >= 11 is 18.0. The summed E-state index contributed by atoms with van der Waals surface area (Å²) in [5.74, 6) is 0.158. The highest BCUT2D eigenvalue weighted by Crippen LogP contribution is 2.33. The normalized spacial score (nSPS) is 15.3. The maximum Gasteiger partial charge on any atom is 0.243 e. The Hall–Kier alpha value is -0.980. The second kappa shape index (κ2) is 9.44. The fourth-order valence-electron chi connectivity index (χ4n) is 3.62. The number of halogens is 3. The zero-order chi connectivity index (χ0) is 21.2. The van der Waals surface area contributed by atoms with Gasteiger partial charge in [0, 0.05) is 30.3 Å². The summed E-state index contributed by atoms with van der Waals surface area (Å²) in [6, 6.07) is 9.36. The third kappa shape index (κ3) is 5.59. The zero-order valence-electron chi connectivity index (χ0n) is 16.5. The highest BCUT2D eigenvalue weighted by molar-refractivity contribution is 7.89. The molecule has 1 heterocycles. The molecule has 2 aromatic rings. The molecule has 29 heavy (non-hydrogen) atoms. The number of aryl methyl sites for hydroxylation is 2. The lowest BCUT2D eigenvalue weighted by atomic mass is 9.98. The average molecular weight is 476 g/mol. The van der Waals surface area contributed by atoms with E-state index in [1.54, 1.807) is 0 Å². The van der Waals surface area contributed by atoms with E-state index in [-0.39, 0.29) is 20.9 Å². The van der Waals surface area contributed by atoms with Crippen LogP contribution in [0.2, 0.25) is 15.1 Å². The maximum atomic E-state index is 12.7. The van der Waals surface area contributed by atoms with Gasteiger partial charge >= 0.3 is 0 Å². The number of anilines is 1. The van der Waals surface area contributed by atoms with Crippen molar-refractivity contribution >= 4 is 50.5 Å². The second-order valence-corrected chi connectivity index (χ2v) is 10.6. The number of nitrogens with one attached hydrogen (secondary N) is 1. The molecule has 0 saturated heterocycles. The minimum Gasteiger partial charge on any atom is -0.371 e. The molecule has 1 aliphatic heterocycles. The molecule has 8 heteroatoms. The Morgan fingerprint density at radius 3 is 2.52 bits per heavy atom. The van der Waals surface area contributed by atoms with Crippen LogP contribution in [0, 0.1) is 12.8 Å². The molecule has 158 valence electrons. The monoisotopic (exact) mass is 474 g/mol. The van der Waals surface area contributed by atoms with Crippen molar-refractivity contribution in [3.63, 3.8) is 0 Å². The molecule has 0 aliphatic carbocycles. The lowest BCUT2D eigenvalue weighted by Gasteiger charge is -2.32. The lowest BCUT2D eigenvalue weighted by molar-refractivity contribution is 0.501. The first-order valence-corrected chi connectivity index (χ1v) is 12.3. The fraction of sp³-hybridized carbons (Fsp3) is 0.429. The van der Waals surface area contributed by atoms with Gasteiger partial charge in [-0.1, -0.05) is 59.4 Å². The standard InChI is InChI=1S/C21H25Cl3N2O2S/c1-14-5-6-20-16(10-14)4-3-8-26(20)9-7-15(2)13-25-29(27,28)21-18(23)11-17(22)12-19(21)24/h5-6,10-12,15,25H,3-4,7-9,13H2,1-2H3. The van der Waals surface area contributed by atoms with E-state index in [1.165, 1.54) is 28.9 Å². The molecule has 3 rings (SSSR count). The summed E-state index contributed by atoms with van der Waals surface area (Å²) in [6.07, 6.45) is 3.13. The molecule has 0 saturated carbocycles. The van der Waals surface area contributed by atoms with Gasteiger partial charge in [-0.05, 0) is 55.9 Å².